The molecule has 1 fully saturated rings. The first-order valence-electron chi connectivity index (χ1n) is 10.1. The predicted octanol–water partition coefficient (Wildman–Crippen LogP) is 3.13. The number of piperazine rings is 1. The summed E-state index contributed by atoms with van der Waals surface area (Å²) >= 11 is 1.47. The fourth-order valence-corrected chi connectivity index (χ4v) is 4.68. The number of aromatic nitrogens is 3. The number of hydrogen-bond donors (Lipinski definition) is 0. The van der Waals surface area contributed by atoms with Crippen molar-refractivity contribution in [1.82, 2.24) is 24.6 Å². The first-order chi connectivity index (χ1) is 14.5. The summed E-state index contributed by atoms with van der Waals surface area (Å²) in [6, 6.07) is 7.75. The van der Waals surface area contributed by atoms with E-state index in [9.17, 15) is 4.79 Å². The SMILES string of the molecule is COc1ccccc1-c1nc(C(=O)N2CCN(Cc3c(C)nn(C)c3C)CC2)cs1. The van der Waals surface area contributed by atoms with Gasteiger partial charge in [0.1, 0.15) is 16.5 Å². The molecule has 7 nitrogen and oxygen atoms in total. The number of nitrogens with zero attached hydrogens (tertiary/aromatic N) is 5. The highest BCUT2D eigenvalue weighted by molar-refractivity contribution is 7.13. The normalized spacial score (nSPS) is 14.9. The molecule has 0 aliphatic carbocycles. The average Bonchev–Trinajstić information content (AvgIpc) is 3.34. The van der Waals surface area contributed by atoms with E-state index in [0.717, 1.165) is 41.6 Å². The number of thiazole rings is 1. The zero-order valence-corrected chi connectivity index (χ0v) is 18.7. The van der Waals surface area contributed by atoms with Crippen LogP contribution in [0.5, 0.6) is 5.75 Å². The van der Waals surface area contributed by atoms with Crippen molar-refractivity contribution in [3.05, 3.63) is 52.3 Å². The molecule has 158 valence electrons. The van der Waals surface area contributed by atoms with E-state index in [0.29, 0.717) is 18.8 Å². The van der Waals surface area contributed by atoms with E-state index in [1.54, 1.807) is 7.11 Å². The molecule has 0 N–H and O–H groups in total. The van der Waals surface area contributed by atoms with Gasteiger partial charge in [-0.25, -0.2) is 4.98 Å². The van der Waals surface area contributed by atoms with Crippen LogP contribution in [0.15, 0.2) is 29.6 Å². The first kappa shape index (κ1) is 20.6. The van der Waals surface area contributed by atoms with Gasteiger partial charge in [-0.05, 0) is 26.0 Å². The standard InChI is InChI=1S/C22H27N5O2S/c1-15-18(16(2)25(3)24-15)13-26-9-11-27(12-10-26)22(28)19-14-30-21(23-19)17-7-5-6-8-20(17)29-4/h5-8,14H,9-13H2,1-4H3. The van der Waals surface area contributed by atoms with Crippen LogP contribution in [0.3, 0.4) is 0 Å². The van der Waals surface area contributed by atoms with Crippen molar-refractivity contribution in [2.75, 3.05) is 33.3 Å². The number of methoxy groups -OCH3 is 1. The number of ether oxygens (including phenoxy) is 1. The van der Waals surface area contributed by atoms with E-state index in [1.807, 2.05) is 46.3 Å². The molecule has 1 aliphatic heterocycles. The van der Waals surface area contributed by atoms with Gasteiger partial charge >= 0.3 is 0 Å². The minimum atomic E-state index is 0.000729. The molecule has 0 unspecified atom stereocenters. The maximum Gasteiger partial charge on any atom is 0.273 e. The summed E-state index contributed by atoms with van der Waals surface area (Å²) < 4.78 is 7.36. The van der Waals surface area contributed by atoms with Crippen LogP contribution in [0.2, 0.25) is 0 Å². The van der Waals surface area contributed by atoms with Crippen molar-refractivity contribution < 1.29 is 9.53 Å². The number of aryl methyl sites for hydroxylation is 2. The van der Waals surface area contributed by atoms with Gasteiger partial charge in [0, 0.05) is 56.4 Å². The Morgan fingerprint density at radius 1 is 1.17 bits per heavy atom. The molecule has 2 aromatic heterocycles. The number of carbonyl (C=O) groups is 1. The van der Waals surface area contributed by atoms with Gasteiger partial charge in [-0.2, -0.15) is 5.10 Å². The van der Waals surface area contributed by atoms with E-state index < -0.39 is 0 Å². The lowest BCUT2D eigenvalue weighted by Crippen LogP contribution is -2.48. The van der Waals surface area contributed by atoms with E-state index in [2.05, 4.69) is 28.8 Å². The van der Waals surface area contributed by atoms with Crippen molar-refractivity contribution in [2.45, 2.75) is 20.4 Å². The molecule has 0 saturated carbocycles. The van der Waals surface area contributed by atoms with Gasteiger partial charge < -0.3 is 9.64 Å². The number of para-hydroxylation sites is 1. The highest BCUT2D eigenvalue weighted by Crippen LogP contribution is 2.32. The van der Waals surface area contributed by atoms with Crippen LogP contribution in [0.1, 0.15) is 27.4 Å². The van der Waals surface area contributed by atoms with Gasteiger partial charge in [-0.15, -0.1) is 11.3 Å². The topological polar surface area (TPSA) is 63.5 Å². The average molecular weight is 426 g/mol. The van der Waals surface area contributed by atoms with Crippen LogP contribution >= 0.6 is 11.3 Å². The van der Waals surface area contributed by atoms with Crippen LogP contribution in [0.4, 0.5) is 0 Å². The Hall–Kier alpha value is -2.71. The second-order valence-electron chi connectivity index (χ2n) is 7.58. The second kappa shape index (κ2) is 8.57. The molecular weight excluding hydrogens is 398 g/mol. The lowest BCUT2D eigenvalue weighted by molar-refractivity contribution is 0.0623. The van der Waals surface area contributed by atoms with Crippen LogP contribution in [0, 0.1) is 13.8 Å². The molecule has 1 amide bonds. The van der Waals surface area contributed by atoms with Gasteiger partial charge in [0.05, 0.1) is 18.4 Å². The molecule has 3 aromatic rings. The van der Waals surface area contributed by atoms with Gasteiger partial charge in [-0.1, -0.05) is 12.1 Å². The quantitative estimate of drug-likeness (QED) is 0.629. The number of amides is 1. The van der Waals surface area contributed by atoms with Crippen LogP contribution in [-0.2, 0) is 13.6 Å². The molecule has 30 heavy (non-hydrogen) atoms. The highest BCUT2D eigenvalue weighted by atomic mass is 32.1. The Labute approximate surface area is 180 Å². The van der Waals surface area contributed by atoms with E-state index in [-0.39, 0.29) is 5.91 Å². The van der Waals surface area contributed by atoms with E-state index in [1.165, 1.54) is 22.6 Å². The lowest BCUT2D eigenvalue weighted by atomic mass is 10.1. The third-order valence-electron chi connectivity index (χ3n) is 5.76. The Morgan fingerprint density at radius 3 is 2.57 bits per heavy atom. The Kier molecular flexibility index (Phi) is 5.87. The van der Waals surface area contributed by atoms with Gasteiger partial charge in [0.2, 0.25) is 0 Å². The summed E-state index contributed by atoms with van der Waals surface area (Å²) in [4.78, 5) is 21.9. The number of rotatable bonds is 5. The Balaban J connectivity index is 1.40. The molecule has 0 bridgehead atoms. The molecule has 4 rings (SSSR count). The molecule has 0 radical (unpaired) electrons. The van der Waals surface area contributed by atoms with Gasteiger partial charge in [0.25, 0.3) is 5.91 Å². The number of benzene rings is 1. The largest absolute Gasteiger partial charge is 0.496 e. The molecule has 0 atom stereocenters. The van der Waals surface area contributed by atoms with Crippen molar-refractivity contribution in [1.29, 1.82) is 0 Å². The van der Waals surface area contributed by atoms with Crippen molar-refractivity contribution in [3.63, 3.8) is 0 Å². The maximum absolute atomic E-state index is 13.0. The molecule has 1 aromatic carbocycles. The number of hydrogen-bond acceptors (Lipinski definition) is 6. The number of carbonyl (C=O) groups excluding carboxylic acids is 1. The summed E-state index contributed by atoms with van der Waals surface area (Å²) in [5.41, 5.74) is 5.00. The summed E-state index contributed by atoms with van der Waals surface area (Å²) in [5, 5.41) is 7.16. The third kappa shape index (κ3) is 3.97. The minimum Gasteiger partial charge on any atom is -0.496 e. The Bertz CT molecular complexity index is 1050. The summed E-state index contributed by atoms with van der Waals surface area (Å²) in [7, 11) is 3.63. The van der Waals surface area contributed by atoms with E-state index in [4.69, 9.17) is 4.74 Å². The molecule has 1 aliphatic rings. The molecule has 3 heterocycles. The van der Waals surface area contributed by atoms with Crippen LogP contribution < -0.4 is 4.74 Å². The van der Waals surface area contributed by atoms with Crippen molar-refractivity contribution in [2.24, 2.45) is 7.05 Å². The lowest BCUT2D eigenvalue weighted by Gasteiger charge is -2.34. The Morgan fingerprint density at radius 2 is 1.90 bits per heavy atom. The molecule has 1 saturated heterocycles. The smallest absolute Gasteiger partial charge is 0.273 e. The first-order valence-corrected chi connectivity index (χ1v) is 11.0. The maximum atomic E-state index is 13.0. The summed E-state index contributed by atoms with van der Waals surface area (Å²) in [6.07, 6.45) is 0. The van der Waals surface area contributed by atoms with Gasteiger partial charge in [-0.3, -0.25) is 14.4 Å². The fourth-order valence-electron chi connectivity index (χ4n) is 3.86. The monoisotopic (exact) mass is 425 g/mol. The van der Waals surface area contributed by atoms with E-state index >= 15 is 0 Å². The second-order valence-corrected chi connectivity index (χ2v) is 8.44. The summed E-state index contributed by atoms with van der Waals surface area (Å²) in [5.74, 6) is 0.765. The molecule has 8 heteroatoms. The summed E-state index contributed by atoms with van der Waals surface area (Å²) in [6.45, 7) is 8.16. The molecule has 0 spiro atoms. The van der Waals surface area contributed by atoms with Gasteiger partial charge in [0.15, 0.2) is 0 Å². The van der Waals surface area contributed by atoms with Crippen molar-refractivity contribution >= 4 is 17.2 Å². The highest BCUT2D eigenvalue weighted by Gasteiger charge is 2.25. The van der Waals surface area contributed by atoms with Crippen LogP contribution in [0.25, 0.3) is 10.6 Å². The predicted molar refractivity (Wildman–Crippen MR) is 118 cm³/mol. The fraction of sp³-hybridized carbons (Fsp3) is 0.409. The van der Waals surface area contributed by atoms with Crippen molar-refractivity contribution in [3.8, 4) is 16.3 Å². The minimum absolute atomic E-state index is 0.000729. The molecular formula is C22H27N5O2S. The van der Waals surface area contributed by atoms with Crippen LogP contribution in [-0.4, -0.2) is 63.8 Å². The zero-order valence-electron chi connectivity index (χ0n) is 17.9. The third-order valence-corrected chi connectivity index (χ3v) is 6.64. The zero-order chi connectivity index (χ0) is 21.3.